The summed E-state index contributed by atoms with van der Waals surface area (Å²) in [6, 6.07) is -0.0833. The molecular weight excluding hydrogens is 104 g/mol. The summed E-state index contributed by atoms with van der Waals surface area (Å²) in [6.07, 6.45) is 0. The van der Waals surface area contributed by atoms with Gasteiger partial charge in [-0.15, -0.1) is 0 Å². The van der Waals surface area contributed by atoms with E-state index < -0.39 is 0 Å². The first-order valence-corrected chi connectivity index (χ1v) is 2.61. The monoisotopic (exact) mass is 116 g/mol. The van der Waals surface area contributed by atoms with E-state index in [1.54, 1.807) is 21.0 Å². The maximum atomic E-state index is 10.6. The van der Waals surface area contributed by atoms with Crippen LogP contribution in [0.5, 0.6) is 0 Å². The molecule has 0 aromatic carbocycles. The quantitative estimate of drug-likeness (QED) is 0.503. The molecule has 0 aliphatic heterocycles. The van der Waals surface area contributed by atoms with Crippen molar-refractivity contribution in [2.24, 2.45) is 0 Å². The third kappa shape index (κ3) is 1.93. The summed E-state index contributed by atoms with van der Waals surface area (Å²) < 4.78 is 0. The molecule has 0 rings (SSSR count). The van der Waals surface area contributed by atoms with Crippen LogP contribution in [0.15, 0.2) is 0 Å². The summed E-state index contributed by atoms with van der Waals surface area (Å²) in [7, 11) is 3.37. The van der Waals surface area contributed by atoms with Crippen LogP contribution < -0.4 is 10.6 Å². The van der Waals surface area contributed by atoms with E-state index >= 15 is 0 Å². The van der Waals surface area contributed by atoms with Crippen LogP contribution in [-0.4, -0.2) is 26.0 Å². The lowest BCUT2D eigenvalue weighted by atomic mass is 10.3. The average Bonchev–Trinajstić information content (AvgIpc) is 1.84. The first-order chi connectivity index (χ1) is 3.72. The lowest BCUT2D eigenvalue weighted by Crippen LogP contribution is -2.38. The van der Waals surface area contributed by atoms with Crippen LogP contribution in [0.3, 0.4) is 0 Å². The van der Waals surface area contributed by atoms with E-state index in [1.807, 2.05) is 0 Å². The van der Waals surface area contributed by atoms with Gasteiger partial charge in [-0.3, -0.25) is 4.79 Å². The summed E-state index contributed by atoms with van der Waals surface area (Å²) >= 11 is 0. The van der Waals surface area contributed by atoms with Crippen LogP contribution in [0.25, 0.3) is 0 Å². The van der Waals surface area contributed by atoms with Crippen molar-refractivity contribution in [2.75, 3.05) is 14.1 Å². The highest BCUT2D eigenvalue weighted by Crippen LogP contribution is 1.75. The summed E-state index contributed by atoms with van der Waals surface area (Å²) in [4.78, 5) is 10.6. The van der Waals surface area contributed by atoms with Gasteiger partial charge < -0.3 is 10.6 Å². The first-order valence-electron chi connectivity index (χ1n) is 2.61. The van der Waals surface area contributed by atoms with Crippen LogP contribution in [0, 0.1) is 0 Å². The van der Waals surface area contributed by atoms with E-state index in [-0.39, 0.29) is 11.9 Å². The van der Waals surface area contributed by atoms with E-state index in [0.717, 1.165) is 0 Å². The Morgan fingerprint density at radius 1 is 1.50 bits per heavy atom. The molecule has 0 saturated carbocycles. The summed E-state index contributed by atoms with van der Waals surface area (Å²) in [5.74, 6) is 0.0208. The van der Waals surface area contributed by atoms with E-state index in [1.165, 1.54) is 0 Å². The molecule has 1 amide bonds. The molecule has 0 heterocycles. The number of likely N-dealkylation sites (N-methyl/N-ethyl adjacent to an activating group) is 2. The highest BCUT2D eigenvalue weighted by molar-refractivity contribution is 5.80. The fourth-order valence-corrected chi connectivity index (χ4v) is 0.348. The fraction of sp³-hybridized carbons (Fsp3) is 0.800. The maximum Gasteiger partial charge on any atom is 0.236 e. The Bertz CT molecular complexity index is 82.5. The van der Waals surface area contributed by atoms with Crippen molar-refractivity contribution in [2.45, 2.75) is 13.0 Å². The molecule has 0 aliphatic rings. The van der Waals surface area contributed by atoms with Gasteiger partial charge in [0.25, 0.3) is 0 Å². The Morgan fingerprint density at radius 3 is 2.12 bits per heavy atom. The number of hydrogen-bond acceptors (Lipinski definition) is 2. The van der Waals surface area contributed by atoms with E-state index in [2.05, 4.69) is 10.6 Å². The van der Waals surface area contributed by atoms with Crippen LogP contribution in [-0.2, 0) is 4.79 Å². The van der Waals surface area contributed by atoms with Crippen molar-refractivity contribution < 1.29 is 4.79 Å². The minimum atomic E-state index is -0.0833. The molecular formula is C5H12N2O. The molecule has 0 fully saturated rings. The van der Waals surface area contributed by atoms with Crippen molar-refractivity contribution >= 4 is 5.91 Å². The van der Waals surface area contributed by atoms with Gasteiger partial charge in [-0.25, -0.2) is 0 Å². The molecule has 0 spiro atoms. The molecule has 0 radical (unpaired) electrons. The lowest BCUT2D eigenvalue weighted by Gasteiger charge is -2.05. The Hall–Kier alpha value is -0.570. The molecule has 2 N–H and O–H groups in total. The van der Waals surface area contributed by atoms with Crippen molar-refractivity contribution in [3.8, 4) is 0 Å². The van der Waals surface area contributed by atoms with Crippen LogP contribution in [0.2, 0.25) is 0 Å². The van der Waals surface area contributed by atoms with E-state index in [0.29, 0.717) is 0 Å². The topological polar surface area (TPSA) is 41.1 Å². The van der Waals surface area contributed by atoms with Gasteiger partial charge in [-0.1, -0.05) is 0 Å². The molecule has 8 heavy (non-hydrogen) atoms. The molecule has 0 aliphatic carbocycles. The number of amides is 1. The third-order valence-corrected chi connectivity index (χ3v) is 1.07. The van der Waals surface area contributed by atoms with Crippen molar-refractivity contribution in [3.63, 3.8) is 0 Å². The van der Waals surface area contributed by atoms with Gasteiger partial charge in [0.2, 0.25) is 5.91 Å². The molecule has 0 aromatic heterocycles. The molecule has 0 unspecified atom stereocenters. The second-order valence-corrected chi connectivity index (χ2v) is 1.62. The minimum absolute atomic E-state index is 0.0208. The minimum Gasteiger partial charge on any atom is -0.358 e. The number of rotatable bonds is 2. The third-order valence-electron chi connectivity index (χ3n) is 1.07. The van der Waals surface area contributed by atoms with Gasteiger partial charge in [0.1, 0.15) is 0 Å². The standard InChI is InChI=1S/C5H12N2O/c1-4(6-2)5(8)7-3/h4,6H,1-3H3,(H,7,8)/t4-/m1/s1. The smallest absolute Gasteiger partial charge is 0.236 e. The van der Waals surface area contributed by atoms with Crippen molar-refractivity contribution in [3.05, 3.63) is 0 Å². The van der Waals surface area contributed by atoms with Gasteiger partial charge in [0, 0.05) is 7.05 Å². The van der Waals surface area contributed by atoms with Gasteiger partial charge >= 0.3 is 0 Å². The largest absolute Gasteiger partial charge is 0.358 e. The molecule has 1 atom stereocenters. The lowest BCUT2D eigenvalue weighted by molar-refractivity contribution is -0.122. The van der Waals surface area contributed by atoms with Crippen molar-refractivity contribution in [1.29, 1.82) is 0 Å². The van der Waals surface area contributed by atoms with Gasteiger partial charge in [-0.05, 0) is 14.0 Å². The molecule has 0 saturated heterocycles. The fourth-order valence-electron chi connectivity index (χ4n) is 0.348. The average molecular weight is 116 g/mol. The maximum absolute atomic E-state index is 10.6. The van der Waals surface area contributed by atoms with Crippen LogP contribution >= 0.6 is 0 Å². The summed E-state index contributed by atoms with van der Waals surface area (Å²) in [5.41, 5.74) is 0. The number of carbonyl (C=O) groups is 1. The highest BCUT2D eigenvalue weighted by Gasteiger charge is 2.04. The van der Waals surface area contributed by atoms with Crippen LogP contribution in [0.4, 0.5) is 0 Å². The SMILES string of the molecule is CNC(=O)[C@@H](C)NC. The zero-order chi connectivity index (χ0) is 6.57. The molecule has 3 nitrogen and oxygen atoms in total. The van der Waals surface area contributed by atoms with Crippen LogP contribution in [0.1, 0.15) is 6.92 Å². The zero-order valence-electron chi connectivity index (χ0n) is 5.49. The predicted octanol–water partition coefficient (Wildman–Crippen LogP) is -0.660. The number of nitrogens with one attached hydrogen (secondary N) is 2. The zero-order valence-corrected chi connectivity index (χ0v) is 5.49. The van der Waals surface area contributed by atoms with Gasteiger partial charge in [0.05, 0.1) is 6.04 Å². The number of carbonyl (C=O) groups excluding carboxylic acids is 1. The van der Waals surface area contributed by atoms with Gasteiger partial charge in [0.15, 0.2) is 0 Å². The Kier molecular flexibility index (Phi) is 3.19. The van der Waals surface area contributed by atoms with E-state index in [4.69, 9.17) is 0 Å². The summed E-state index contributed by atoms with van der Waals surface area (Å²) in [6.45, 7) is 1.80. The molecule has 48 valence electrons. The molecule has 0 bridgehead atoms. The Labute approximate surface area is 49.5 Å². The summed E-state index contributed by atoms with van der Waals surface area (Å²) in [5, 5.41) is 5.32. The predicted molar refractivity (Wildman–Crippen MR) is 32.6 cm³/mol. The Morgan fingerprint density at radius 2 is 2.00 bits per heavy atom. The second kappa shape index (κ2) is 3.43. The Balaban J connectivity index is 3.46. The van der Waals surface area contributed by atoms with Gasteiger partial charge in [-0.2, -0.15) is 0 Å². The first kappa shape index (κ1) is 7.43. The normalized spacial score (nSPS) is 12.9. The second-order valence-electron chi connectivity index (χ2n) is 1.62. The van der Waals surface area contributed by atoms with E-state index in [9.17, 15) is 4.79 Å². The molecule has 0 aromatic rings. The van der Waals surface area contributed by atoms with Crippen molar-refractivity contribution in [1.82, 2.24) is 10.6 Å². The molecule has 3 heteroatoms. The number of hydrogen-bond donors (Lipinski definition) is 2. The highest BCUT2D eigenvalue weighted by atomic mass is 16.2.